The molecule has 0 heterocycles. The number of nitriles is 4. The van der Waals surface area contributed by atoms with E-state index in [-0.39, 0.29) is 24.0 Å². The number of carbonyl (C=O) groups excluding carboxylic acids is 1. The van der Waals surface area contributed by atoms with E-state index in [1.807, 2.05) is 133 Å². The fraction of sp³-hybridized carbons (Fsp3) is 0.0135. The highest BCUT2D eigenvalue weighted by Gasteiger charge is 2.39. The van der Waals surface area contributed by atoms with Gasteiger partial charge in [-0.3, -0.25) is 4.79 Å². The number of anilines is 6. The molecule has 398 valence electrons. The molecule has 11 rings (SSSR count). The monoisotopic (exact) mass is 1200 g/mol. The Labute approximate surface area is 504 Å². The van der Waals surface area contributed by atoms with E-state index in [1.165, 1.54) is 15.9 Å². The van der Waals surface area contributed by atoms with Crippen LogP contribution in [0, 0.1) is 45.3 Å². The Morgan fingerprint density at radius 1 is 0.337 bits per heavy atom. The van der Waals surface area contributed by atoms with Gasteiger partial charge < -0.3 is 33.8 Å². The van der Waals surface area contributed by atoms with Gasteiger partial charge in [0.1, 0.15) is 53.7 Å². The quantitative estimate of drug-likeness (QED) is 0.0641. The maximum atomic E-state index is 11.0. The van der Waals surface area contributed by atoms with Crippen LogP contribution < -0.4 is 49.7 Å². The third-order valence-corrected chi connectivity index (χ3v) is 18.0. The number of benzene rings is 11. The molecule has 0 bridgehead atoms. The number of para-hydroxylation sites is 2. The Morgan fingerprint density at radius 2 is 0.602 bits per heavy atom. The maximum absolute atomic E-state index is 11.0. The van der Waals surface area contributed by atoms with Crippen molar-refractivity contribution in [2.45, 2.75) is 0 Å². The van der Waals surface area contributed by atoms with Crippen molar-refractivity contribution >= 4 is 69.7 Å². The average Bonchev–Trinajstić information content (AvgIpc) is 3.63. The Balaban J connectivity index is 0.000000166. The van der Waals surface area contributed by atoms with Gasteiger partial charge in [0.2, 0.25) is 0 Å². The van der Waals surface area contributed by atoms with Crippen molar-refractivity contribution in [1.82, 2.24) is 0 Å². The highest BCUT2D eigenvalue weighted by Crippen LogP contribution is 2.51. The predicted molar refractivity (Wildman–Crippen MR) is 339 cm³/mol. The molecule has 11 aromatic rings. The summed E-state index contributed by atoms with van der Waals surface area (Å²) in [6.45, 7) is 6.24. The third-order valence-electron chi connectivity index (χ3n) is 14.0. The topological polar surface area (TPSA) is 119 Å². The molecule has 0 aliphatic rings. The maximum Gasteiger partial charge on any atom is 0.150 e. The molecule has 0 saturated carbocycles. The van der Waals surface area contributed by atoms with Crippen LogP contribution in [0.5, 0.6) is 0 Å². The number of rotatable bonds is 13. The van der Waals surface area contributed by atoms with Crippen LogP contribution in [0.25, 0.3) is 28.3 Å². The summed E-state index contributed by atoms with van der Waals surface area (Å²) in [5.41, 5.74) is 13.0. The summed E-state index contributed by atoms with van der Waals surface area (Å²) in [7, 11) is -1.53. The molecule has 0 radical (unpaired) electrons. The lowest BCUT2D eigenvalue weighted by Crippen LogP contribution is -3.00. The molecule has 0 N–H and O–H groups in total. The van der Waals surface area contributed by atoms with Crippen LogP contribution in [0.15, 0.2) is 292 Å². The lowest BCUT2D eigenvalue weighted by Gasteiger charge is -2.25. The normalized spacial score (nSPS) is 10.2. The highest BCUT2D eigenvalue weighted by molar-refractivity contribution is 7.95. The first-order valence-electron chi connectivity index (χ1n) is 26.4. The molecule has 0 spiro atoms. The molecule has 11 aromatic carbocycles. The van der Waals surface area contributed by atoms with Crippen molar-refractivity contribution in [3.8, 4) is 46.5 Å². The van der Waals surface area contributed by atoms with Gasteiger partial charge in [0.05, 0.1) is 28.9 Å². The van der Waals surface area contributed by atoms with Gasteiger partial charge in [0.15, 0.2) is 0 Å². The molecule has 83 heavy (non-hydrogen) atoms. The van der Waals surface area contributed by atoms with Gasteiger partial charge in [0.25, 0.3) is 0 Å². The fourth-order valence-electron chi connectivity index (χ4n) is 9.57. The zero-order chi connectivity index (χ0) is 57.1. The first-order valence-corrected chi connectivity index (χ1v) is 28.6. The molecule has 0 atom stereocenters. The zero-order valence-electron chi connectivity index (χ0n) is 45.4. The van der Waals surface area contributed by atoms with E-state index >= 15 is 0 Å². The van der Waals surface area contributed by atoms with Crippen LogP contribution in [0.1, 0.15) is 38.2 Å². The largest absolute Gasteiger partial charge is 1.00 e. The van der Waals surface area contributed by atoms with Crippen LogP contribution in [-0.4, -0.2) is 13.0 Å². The van der Waals surface area contributed by atoms with Crippen molar-refractivity contribution in [3.63, 3.8) is 0 Å². The second-order valence-corrected chi connectivity index (χ2v) is 22.5. The van der Waals surface area contributed by atoms with Gasteiger partial charge in [-0.25, -0.2) is 0 Å². The van der Waals surface area contributed by atoms with E-state index in [1.54, 1.807) is 36.4 Å². The minimum atomic E-state index is -1.53. The van der Waals surface area contributed by atoms with Crippen molar-refractivity contribution in [1.29, 1.82) is 21.0 Å². The van der Waals surface area contributed by atoms with E-state index in [2.05, 4.69) is 169 Å². The van der Waals surface area contributed by atoms with Crippen LogP contribution >= 0.6 is 7.26 Å². The van der Waals surface area contributed by atoms with Gasteiger partial charge in [0, 0.05) is 39.7 Å². The van der Waals surface area contributed by atoms with Gasteiger partial charge in [-0.15, -0.1) is 0 Å². The summed E-state index contributed by atoms with van der Waals surface area (Å²) in [4.78, 5) is 15.3. The molecule has 0 aliphatic heterocycles. The van der Waals surface area contributed by atoms with Crippen LogP contribution in [0.3, 0.4) is 0 Å². The molecule has 9 heteroatoms. The number of hydrogen-bond donors (Lipinski definition) is 0. The summed E-state index contributed by atoms with van der Waals surface area (Å²) in [5, 5.41) is 41.2. The SMILES string of the molecule is C=Cc1ccc(N(c2ccccc2)c2ccc(-c3ccc(C#N)c(C#N)c3)cc2)cc1.C[P+](c1ccccc1)(c1ccccc1)c1ccccc1.N#Cc1ccc(-c2ccc(N(c3ccccc3)c3ccc(C=O)cc3)cc2)cc1C#N.[I-]. The van der Waals surface area contributed by atoms with Gasteiger partial charge in [-0.2, -0.15) is 21.0 Å². The van der Waals surface area contributed by atoms with Crippen molar-refractivity contribution in [3.05, 3.63) is 325 Å². The number of hydrogen-bond acceptors (Lipinski definition) is 7. The van der Waals surface area contributed by atoms with E-state index in [4.69, 9.17) is 10.5 Å². The molecular formula is C74H54IN6OP. The van der Waals surface area contributed by atoms with Gasteiger partial charge >= 0.3 is 0 Å². The lowest BCUT2D eigenvalue weighted by atomic mass is 9.99. The highest BCUT2D eigenvalue weighted by atomic mass is 127. The number of carbonyl (C=O) groups is 1. The summed E-state index contributed by atoms with van der Waals surface area (Å²) >= 11 is 0. The Hall–Kier alpha value is -10.5. The van der Waals surface area contributed by atoms with E-state index in [0.717, 1.165) is 68.2 Å². The third kappa shape index (κ3) is 13.9. The standard InChI is InChI=1S/C28H19N3.C27H17N3O.C19H18P.HI/c1-2-21-8-14-27(15-9-21)31(26-6-4-3-5-7-26)28-16-12-22(13-17-28)23-10-11-24(19-29)25(18-23)20-30;28-17-23-9-8-22(16-24(23)18-29)21-10-14-27(15-11-21)30(25-4-2-1-3-5-25)26-12-6-20(19-31)7-13-26;1-20(17-11-5-2-6-12-17,18-13-7-3-8-14-18)19-15-9-4-10-16-19;/h2-18H,1H2;1-16,19H;2-16H,1H3;1H/q;;+1;/p-1. The Morgan fingerprint density at radius 3 is 0.892 bits per heavy atom. The fourth-order valence-corrected chi connectivity index (χ4v) is 12.8. The number of halogens is 1. The minimum Gasteiger partial charge on any atom is -1.00 e. The van der Waals surface area contributed by atoms with E-state index < -0.39 is 7.26 Å². The molecule has 0 aliphatic carbocycles. The Bertz CT molecular complexity index is 3800. The summed E-state index contributed by atoms with van der Waals surface area (Å²) in [6, 6.07) is 104. The second-order valence-electron chi connectivity index (χ2n) is 18.9. The van der Waals surface area contributed by atoms with Crippen molar-refractivity contribution in [2.24, 2.45) is 0 Å². The van der Waals surface area contributed by atoms with Crippen LogP contribution in [-0.2, 0) is 0 Å². The summed E-state index contributed by atoms with van der Waals surface area (Å²) in [5.74, 6) is 0. The van der Waals surface area contributed by atoms with Crippen molar-refractivity contribution < 1.29 is 28.8 Å². The average molecular weight is 1200 g/mol. The van der Waals surface area contributed by atoms with Crippen LogP contribution in [0.2, 0.25) is 0 Å². The predicted octanol–water partition coefficient (Wildman–Crippen LogP) is 14.2. The molecular weight excluding hydrogens is 1150 g/mol. The molecule has 7 nitrogen and oxygen atoms in total. The first-order chi connectivity index (χ1) is 40.3. The molecule has 0 saturated heterocycles. The van der Waals surface area contributed by atoms with Gasteiger partial charge in [-0.1, -0.05) is 152 Å². The van der Waals surface area contributed by atoms with E-state index in [0.29, 0.717) is 27.8 Å². The zero-order valence-corrected chi connectivity index (χ0v) is 48.5. The Kier molecular flexibility index (Phi) is 20.2. The van der Waals surface area contributed by atoms with Crippen LogP contribution in [0.4, 0.5) is 34.1 Å². The molecule has 0 aromatic heterocycles. The second kappa shape index (κ2) is 28.6. The summed E-state index contributed by atoms with van der Waals surface area (Å²) < 4.78 is 0. The summed E-state index contributed by atoms with van der Waals surface area (Å²) in [6.07, 6.45) is 2.66. The van der Waals surface area contributed by atoms with E-state index in [9.17, 15) is 15.3 Å². The molecule has 0 fully saturated rings. The molecule has 0 unspecified atom stereocenters. The molecule has 0 amide bonds. The first kappa shape index (κ1) is 58.7. The van der Waals surface area contributed by atoms with Crippen molar-refractivity contribution in [2.75, 3.05) is 16.5 Å². The number of nitrogens with zero attached hydrogens (tertiary/aromatic N) is 6. The minimum absolute atomic E-state index is 0. The van der Waals surface area contributed by atoms with Gasteiger partial charge in [-0.05, 0) is 173 Å². The smallest absolute Gasteiger partial charge is 0.150 e. The number of aldehydes is 1. The lowest BCUT2D eigenvalue weighted by molar-refractivity contribution is -0.0000228.